The molecule has 156 valence electrons. The van der Waals surface area contributed by atoms with Gasteiger partial charge in [0.2, 0.25) is 0 Å². The second-order valence-corrected chi connectivity index (χ2v) is 8.80. The van der Waals surface area contributed by atoms with Crippen LogP contribution in [0.1, 0.15) is 29.8 Å². The SMILES string of the molecule is Cc1ccc(S(=O)(=O)Nc2ccc(C(=O)Nc3ccccc3OC(C)C)cc2)cc1. The van der Waals surface area contributed by atoms with Crippen molar-refractivity contribution in [2.75, 3.05) is 10.0 Å². The molecule has 6 nitrogen and oxygen atoms in total. The molecule has 30 heavy (non-hydrogen) atoms. The van der Waals surface area contributed by atoms with Gasteiger partial charge in [0, 0.05) is 11.3 Å². The molecule has 3 aromatic rings. The molecule has 0 spiro atoms. The molecule has 0 aliphatic rings. The summed E-state index contributed by atoms with van der Waals surface area (Å²) < 4.78 is 33.2. The Bertz CT molecular complexity index is 1120. The fourth-order valence-electron chi connectivity index (χ4n) is 2.74. The predicted octanol–water partition coefficient (Wildman–Crippen LogP) is 4.84. The first kappa shape index (κ1) is 21.4. The number of rotatable bonds is 7. The lowest BCUT2D eigenvalue weighted by molar-refractivity contribution is 0.102. The second kappa shape index (κ2) is 9.00. The van der Waals surface area contributed by atoms with Gasteiger partial charge >= 0.3 is 0 Å². The monoisotopic (exact) mass is 424 g/mol. The third-order valence-corrected chi connectivity index (χ3v) is 5.63. The largest absolute Gasteiger partial charge is 0.489 e. The standard InChI is InChI=1S/C23H24N2O4S/c1-16(2)29-22-7-5-4-6-21(22)24-23(26)18-10-12-19(13-11-18)25-30(27,28)20-14-8-17(3)9-15-20/h4-16,25H,1-3H3,(H,24,26). The molecule has 7 heteroatoms. The number of sulfonamides is 1. The van der Waals surface area contributed by atoms with E-state index in [-0.39, 0.29) is 16.9 Å². The van der Waals surface area contributed by atoms with Crippen LogP contribution in [0, 0.1) is 6.92 Å². The van der Waals surface area contributed by atoms with Gasteiger partial charge in [0.15, 0.2) is 0 Å². The predicted molar refractivity (Wildman–Crippen MR) is 119 cm³/mol. The summed E-state index contributed by atoms with van der Waals surface area (Å²) in [6.07, 6.45) is -0.0242. The first-order valence-corrected chi connectivity index (χ1v) is 11.0. The van der Waals surface area contributed by atoms with Crippen LogP contribution in [0.4, 0.5) is 11.4 Å². The Labute approximate surface area is 177 Å². The van der Waals surface area contributed by atoms with E-state index in [2.05, 4.69) is 10.0 Å². The summed E-state index contributed by atoms with van der Waals surface area (Å²) in [6, 6.07) is 20.0. The summed E-state index contributed by atoms with van der Waals surface area (Å²) in [7, 11) is -3.70. The van der Waals surface area contributed by atoms with Crippen molar-refractivity contribution < 1.29 is 17.9 Å². The van der Waals surface area contributed by atoms with Gasteiger partial charge < -0.3 is 10.1 Å². The van der Waals surface area contributed by atoms with Gasteiger partial charge in [-0.05, 0) is 69.3 Å². The van der Waals surface area contributed by atoms with Crippen LogP contribution < -0.4 is 14.8 Å². The maximum absolute atomic E-state index is 12.6. The van der Waals surface area contributed by atoms with E-state index in [0.717, 1.165) is 5.56 Å². The number of nitrogens with one attached hydrogen (secondary N) is 2. The molecule has 0 fully saturated rings. The van der Waals surface area contributed by atoms with Crippen molar-refractivity contribution in [3.8, 4) is 5.75 Å². The van der Waals surface area contributed by atoms with Gasteiger partial charge in [-0.3, -0.25) is 9.52 Å². The highest BCUT2D eigenvalue weighted by Crippen LogP contribution is 2.25. The van der Waals surface area contributed by atoms with Crippen molar-refractivity contribution in [1.29, 1.82) is 0 Å². The van der Waals surface area contributed by atoms with Gasteiger partial charge in [0.05, 0.1) is 16.7 Å². The lowest BCUT2D eigenvalue weighted by Crippen LogP contribution is -2.15. The third kappa shape index (κ3) is 5.39. The van der Waals surface area contributed by atoms with Gasteiger partial charge in [-0.25, -0.2) is 8.42 Å². The van der Waals surface area contributed by atoms with Gasteiger partial charge in [-0.2, -0.15) is 0 Å². The molecular formula is C23H24N2O4S. The number of hydrogen-bond donors (Lipinski definition) is 2. The maximum Gasteiger partial charge on any atom is 0.261 e. The molecule has 0 saturated heterocycles. The number of hydrogen-bond acceptors (Lipinski definition) is 4. The summed E-state index contributed by atoms with van der Waals surface area (Å²) >= 11 is 0. The molecule has 0 aromatic heterocycles. The number of ether oxygens (including phenoxy) is 1. The minimum absolute atomic E-state index is 0.0242. The molecule has 3 rings (SSSR count). The van der Waals surface area contributed by atoms with Crippen molar-refractivity contribution in [3.05, 3.63) is 83.9 Å². The number of carbonyl (C=O) groups excluding carboxylic acids is 1. The average Bonchev–Trinajstić information content (AvgIpc) is 2.69. The van der Waals surface area contributed by atoms with Crippen molar-refractivity contribution in [1.82, 2.24) is 0 Å². The number of carbonyl (C=O) groups is 1. The van der Waals surface area contributed by atoms with E-state index in [9.17, 15) is 13.2 Å². The zero-order valence-corrected chi connectivity index (χ0v) is 17.9. The fourth-order valence-corrected chi connectivity index (χ4v) is 3.80. The minimum atomic E-state index is -3.70. The molecule has 0 atom stereocenters. The van der Waals surface area contributed by atoms with Gasteiger partial charge in [-0.15, -0.1) is 0 Å². The highest BCUT2D eigenvalue weighted by atomic mass is 32.2. The molecule has 0 bridgehead atoms. The average molecular weight is 425 g/mol. The molecule has 0 aliphatic heterocycles. The molecule has 3 aromatic carbocycles. The first-order chi connectivity index (χ1) is 14.2. The summed E-state index contributed by atoms with van der Waals surface area (Å²) in [5.74, 6) is 0.270. The Hall–Kier alpha value is -3.32. The maximum atomic E-state index is 12.6. The third-order valence-electron chi connectivity index (χ3n) is 4.23. The summed E-state index contributed by atoms with van der Waals surface area (Å²) in [6.45, 7) is 5.71. The van der Waals surface area contributed by atoms with Crippen LogP contribution in [0.5, 0.6) is 5.75 Å². The molecule has 0 unspecified atom stereocenters. The molecule has 1 amide bonds. The van der Waals surface area contributed by atoms with Crippen LogP contribution in [0.25, 0.3) is 0 Å². The second-order valence-electron chi connectivity index (χ2n) is 7.11. The molecule has 2 N–H and O–H groups in total. The van der Waals surface area contributed by atoms with E-state index in [4.69, 9.17) is 4.74 Å². The van der Waals surface area contributed by atoms with E-state index in [1.165, 1.54) is 0 Å². The highest BCUT2D eigenvalue weighted by Gasteiger charge is 2.15. The Balaban J connectivity index is 1.71. The van der Waals surface area contributed by atoms with E-state index in [0.29, 0.717) is 22.7 Å². The number of benzene rings is 3. The van der Waals surface area contributed by atoms with Crippen LogP contribution in [-0.2, 0) is 10.0 Å². The molecule has 0 saturated carbocycles. The molecule has 0 heterocycles. The Morgan fingerprint density at radius 1 is 0.900 bits per heavy atom. The Morgan fingerprint density at radius 3 is 2.17 bits per heavy atom. The van der Waals surface area contributed by atoms with E-state index in [1.807, 2.05) is 32.9 Å². The Morgan fingerprint density at radius 2 is 1.53 bits per heavy atom. The van der Waals surface area contributed by atoms with Crippen molar-refractivity contribution in [2.24, 2.45) is 0 Å². The minimum Gasteiger partial charge on any atom is -0.489 e. The van der Waals surface area contributed by atoms with Crippen molar-refractivity contribution in [2.45, 2.75) is 31.8 Å². The van der Waals surface area contributed by atoms with E-state index in [1.54, 1.807) is 60.7 Å². The summed E-state index contributed by atoms with van der Waals surface area (Å²) in [5.41, 5.74) is 2.31. The Kier molecular flexibility index (Phi) is 6.42. The van der Waals surface area contributed by atoms with E-state index >= 15 is 0 Å². The quantitative estimate of drug-likeness (QED) is 0.569. The molecule has 0 radical (unpaired) electrons. The topological polar surface area (TPSA) is 84.5 Å². The van der Waals surface area contributed by atoms with Crippen LogP contribution in [0.3, 0.4) is 0 Å². The van der Waals surface area contributed by atoms with Crippen molar-refractivity contribution >= 4 is 27.3 Å². The molecular weight excluding hydrogens is 400 g/mol. The lowest BCUT2D eigenvalue weighted by atomic mass is 10.2. The first-order valence-electron chi connectivity index (χ1n) is 9.51. The van der Waals surface area contributed by atoms with Gasteiger partial charge in [0.1, 0.15) is 5.75 Å². The van der Waals surface area contributed by atoms with Gasteiger partial charge in [-0.1, -0.05) is 29.8 Å². The lowest BCUT2D eigenvalue weighted by Gasteiger charge is -2.15. The zero-order valence-electron chi connectivity index (χ0n) is 17.0. The number of aryl methyl sites for hydroxylation is 1. The fraction of sp³-hybridized carbons (Fsp3) is 0.174. The molecule has 0 aliphatic carbocycles. The van der Waals surface area contributed by atoms with Crippen LogP contribution >= 0.6 is 0 Å². The number of amides is 1. The van der Waals surface area contributed by atoms with Crippen LogP contribution in [-0.4, -0.2) is 20.4 Å². The number of anilines is 2. The van der Waals surface area contributed by atoms with Crippen LogP contribution in [0.2, 0.25) is 0 Å². The van der Waals surface area contributed by atoms with Crippen LogP contribution in [0.15, 0.2) is 77.7 Å². The summed E-state index contributed by atoms with van der Waals surface area (Å²) in [5, 5.41) is 2.83. The van der Waals surface area contributed by atoms with Crippen molar-refractivity contribution in [3.63, 3.8) is 0 Å². The highest BCUT2D eigenvalue weighted by molar-refractivity contribution is 7.92. The zero-order chi connectivity index (χ0) is 21.7. The van der Waals surface area contributed by atoms with Gasteiger partial charge in [0.25, 0.3) is 15.9 Å². The smallest absolute Gasteiger partial charge is 0.261 e. The van der Waals surface area contributed by atoms with E-state index < -0.39 is 10.0 Å². The summed E-state index contributed by atoms with van der Waals surface area (Å²) in [4.78, 5) is 12.8. The number of para-hydroxylation sites is 2. The normalized spacial score (nSPS) is 11.2.